The lowest BCUT2D eigenvalue weighted by atomic mass is 10.1. The number of aromatic amines is 1. The van der Waals surface area contributed by atoms with Gasteiger partial charge in [0.1, 0.15) is 0 Å². The highest BCUT2D eigenvalue weighted by molar-refractivity contribution is 7.89. The van der Waals surface area contributed by atoms with Crippen LogP contribution in [0.15, 0.2) is 35.5 Å². The number of hydrogen-bond acceptors (Lipinski definition) is 4. The quantitative estimate of drug-likeness (QED) is 0.844. The van der Waals surface area contributed by atoms with Gasteiger partial charge in [-0.25, -0.2) is 8.42 Å². The second kappa shape index (κ2) is 5.66. The third-order valence-corrected chi connectivity index (χ3v) is 4.94. The molecule has 2 aromatic rings. The number of primary amides is 1. The molecule has 0 aliphatic rings. The minimum atomic E-state index is -3.70. The number of nitrogens with one attached hydrogen (secondary N) is 1. The fourth-order valence-corrected chi connectivity index (χ4v) is 3.10. The van der Waals surface area contributed by atoms with Crippen molar-refractivity contribution >= 4 is 15.9 Å². The first-order valence-corrected chi connectivity index (χ1v) is 7.61. The van der Waals surface area contributed by atoms with Gasteiger partial charge in [0.15, 0.2) is 0 Å². The Morgan fingerprint density at radius 2 is 2.14 bits per heavy atom. The number of benzene rings is 1. The van der Waals surface area contributed by atoms with E-state index in [1.807, 2.05) is 0 Å². The molecule has 8 heteroatoms. The predicted molar refractivity (Wildman–Crippen MR) is 76.9 cm³/mol. The van der Waals surface area contributed by atoms with Crippen molar-refractivity contribution in [2.24, 2.45) is 5.73 Å². The van der Waals surface area contributed by atoms with Gasteiger partial charge in [-0.2, -0.15) is 9.40 Å². The second-order valence-electron chi connectivity index (χ2n) is 4.71. The van der Waals surface area contributed by atoms with Crippen LogP contribution >= 0.6 is 0 Å². The average molecular weight is 308 g/mol. The molecule has 2 rings (SSSR count). The zero-order valence-electron chi connectivity index (χ0n) is 11.7. The lowest BCUT2D eigenvalue weighted by Crippen LogP contribution is -2.27. The predicted octanol–water partition coefficient (Wildman–Crippen LogP) is 0.638. The maximum atomic E-state index is 12.5. The molecule has 0 unspecified atom stereocenters. The first-order chi connectivity index (χ1) is 9.82. The van der Waals surface area contributed by atoms with E-state index in [9.17, 15) is 13.2 Å². The first-order valence-electron chi connectivity index (χ1n) is 6.17. The van der Waals surface area contributed by atoms with E-state index in [4.69, 9.17) is 5.73 Å². The molecule has 0 saturated carbocycles. The van der Waals surface area contributed by atoms with Crippen molar-refractivity contribution in [1.82, 2.24) is 14.5 Å². The van der Waals surface area contributed by atoms with Crippen LogP contribution in [0.5, 0.6) is 0 Å². The summed E-state index contributed by atoms with van der Waals surface area (Å²) < 4.78 is 26.2. The number of aryl methyl sites for hydroxylation is 1. The molecule has 0 aliphatic heterocycles. The summed E-state index contributed by atoms with van der Waals surface area (Å²) in [7, 11) is -2.24. The molecule has 0 fully saturated rings. The van der Waals surface area contributed by atoms with E-state index in [1.165, 1.54) is 23.5 Å². The first kappa shape index (κ1) is 15.2. The number of sulfonamides is 1. The third-order valence-electron chi connectivity index (χ3n) is 3.14. The highest BCUT2D eigenvalue weighted by Gasteiger charge is 2.22. The van der Waals surface area contributed by atoms with Crippen molar-refractivity contribution in [3.8, 4) is 0 Å². The summed E-state index contributed by atoms with van der Waals surface area (Å²) in [6.07, 6.45) is 3.17. The highest BCUT2D eigenvalue weighted by Crippen LogP contribution is 2.19. The van der Waals surface area contributed by atoms with E-state index in [2.05, 4.69) is 10.2 Å². The molecule has 1 heterocycles. The molecular formula is C13H16N4O3S. The summed E-state index contributed by atoms with van der Waals surface area (Å²) in [5.41, 5.74) is 6.83. The number of nitrogens with zero attached hydrogens (tertiary/aromatic N) is 2. The molecule has 0 saturated heterocycles. The maximum Gasteiger partial charge on any atom is 0.249 e. The van der Waals surface area contributed by atoms with E-state index >= 15 is 0 Å². The van der Waals surface area contributed by atoms with Gasteiger partial charge < -0.3 is 5.73 Å². The number of carbonyl (C=O) groups is 1. The molecular weight excluding hydrogens is 292 g/mol. The molecule has 0 bridgehead atoms. The third kappa shape index (κ3) is 3.11. The molecule has 0 spiro atoms. The van der Waals surface area contributed by atoms with Crippen LogP contribution in [0.3, 0.4) is 0 Å². The number of hydrogen-bond donors (Lipinski definition) is 2. The molecule has 21 heavy (non-hydrogen) atoms. The van der Waals surface area contributed by atoms with Crippen LogP contribution in [0.1, 0.15) is 21.5 Å². The SMILES string of the molecule is Cc1ccc(S(=O)(=O)N(C)Cc2cn[nH]c2)cc1C(N)=O. The lowest BCUT2D eigenvalue weighted by molar-refractivity contribution is 0.0999. The Morgan fingerprint density at radius 3 is 2.71 bits per heavy atom. The van der Waals surface area contributed by atoms with Gasteiger partial charge in [-0.3, -0.25) is 9.89 Å². The summed E-state index contributed by atoms with van der Waals surface area (Å²) >= 11 is 0. The maximum absolute atomic E-state index is 12.5. The summed E-state index contributed by atoms with van der Waals surface area (Å²) in [5.74, 6) is -0.651. The molecule has 1 aromatic heterocycles. The summed E-state index contributed by atoms with van der Waals surface area (Å²) in [6.45, 7) is 1.88. The fraction of sp³-hybridized carbons (Fsp3) is 0.231. The Kier molecular flexibility index (Phi) is 4.10. The Balaban J connectivity index is 2.35. The second-order valence-corrected chi connectivity index (χ2v) is 6.75. The van der Waals surface area contributed by atoms with Gasteiger partial charge in [0.2, 0.25) is 15.9 Å². The van der Waals surface area contributed by atoms with Crippen LogP contribution in [0.4, 0.5) is 0 Å². The van der Waals surface area contributed by atoms with Crippen LogP contribution < -0.4 is 5.73 Å². The normalized spacial score (nSPS) is 11.8. The highest BCUT2D eigenvalue weighted by atomic mass is 32.2. The Morgan fingerprint density at radius 1 is 1.43 bits per heavy atom. The number of rotatable bonds is 5. The van der Waals surface area contributed by atoms with E-state index in [0.717, 1.165) is 5.56 Å². The monoisotopic (exact) mass is 308 g/mol. The molecule has 1 amide bonds. The number of carbonyl (C=O) groups excluding carboxylic acids is 1. The van der Waals surface area contributed by atoms with Crippen molar-refractivity contribution in [1.29, 1.82) is 0 Å². The molecule has 0 atom stereocenters. The van der Waals surface area contributed by atoms with Crippen LogP contribution in [-0.2, 0) is 16.6 Å². The van der Waals surface area contributed by atoms with Crippen molar-refractivity contribution < 1.29 is 13.2 Å². The zero-order chi connectivity index (χ0) is 15.6. The van der Waals surface area contributed by atoms with Gasteiger partial charge in [0.05, 0.1) is 11.1 Å². The van der Waals surface area contributed by atoms with Gasteiger partial charge in [-0.05, 0) is 24.6 Å². The Bertz CT molecular complexity index is 754. The number of aromatic nitrogens is 2. The fourth-order valence-electron chi connectivity index (χ4n) is 1.91. The van der Waals surface area contributed by atoms with Crippen molar-refractivity contribution in [2.75, 3.05) is 7.05 Å². The van der Waals surface area contributed by atoms with Crippen molar-refractivity contribution in [3.05, 3.63) is 47.3 Å². The summed E-state index contributed by atoms with van der Waals surface area (Å²) in [5, 5.41) is 6.40. The lowest BCUT2D eigenvalue weighted by Gasteiger charge is -2.17. The van der Waals surface area contributed by atoms with Gasteiger partial charge in [-0.1, -0.05) is 6.07 Å². The standard InChI is InChI=1S/C13H16N4O3S/c1-9-3-4-11(5-12(9)13(14)18)21(19,20)17(2)8-10-6-15-16-7-10/h3-7H,8H2,1-2H3,(H2,14,18)(H,15,16). The Labute approximate surface area is 122 Å². The molecule has 0 radical (unpaired) electrons. The summed E-state index contributed by atoms with van der Waals surface area (Å²) in [4.78, 5) is 11.4. The molecule has 0 aliphatic carbocycles. The molecule has 7 nitrogen and oxygen atoms in total. The molecule has 112 valence electrons. The molecule has 3 N–H and O–H groups in total. The van der Waals surface area contributed by atoms with Crippen LogP contribution in [0, 0.1) is 6.92 Å². The van der Waals surface area contributed by atoms with E-state index in [-0.39, 0.29) is 17.0 Å². The number of H-pyrrole nitrogens is 1. The van der Waals surface area contributed by atoms with Crippen LogP contribution in [0.2, 0.25) is 0 Å². The van der Waals surface area contributed by atoms with Gasteiger partial charge >= 0.3 is 0 Å². The van der Waals surface area contributed by atoms with Gasteiger partial charge in [0, 0.05) is 30.9 Å². The van der Waals surface area contributed by atoms with Gasteiger partial charge in [0.25, 0.3) is 0 Å². The topological polar surface area (TPSA) is 109 Å². The largest absolute Gasteiger partial charge is 0.366 e. The summed E-state index contributed by atoms with van der Waals surface area (Å²) in [6, 6.07) is 4.33. The molecule has 1 aromatic carbocycles. The smallest absolute Gasteiger partial charge is 0.249 e. The minimum absolute atomic E-state index is 0.0351. The van der Waals surface area contributed by atoms with Crippen LogP contribution in [-0.4, -0.2) is 35.9 Å². The Hall–Kier alpha value is -2.19. The number of amides is 1. The minimum Gasteiger partial charge on any atom is -0.366 e. The average Bonchev–Trinajstić information content (AvgIpc) is 2.91. The van der Waals surface area contributed by atoms with E-state index in [1.54, 1.807) is 25.4 Å². The van der Waals surface area contributed by atoms with Crippen molar-refractivity contribution in [3.63, 3.8) is 0 Å². The van der Waals surface area contributed by atoms with Crippen molar-refractivity contribution in [2.45, 2.75) is 18.4 Å². The van der Waals surface area contributed by atoms with Crippen LogP contribution in [0.25, 0.3) is 0 Å². The number of nitrogens with two attached hydrogens (primary N) is 1. The van der Waals surface area contributed by atoms with E-state index < -0.39 is 15.9 Å². The zero-order valence-corrected chi connectivity index (χ0v) is 12.5. The van der Waals surface area contributed by atoms with Gasteiger partial charge in [-0.15, -0.1) is 0 Å². The van der Waals surface area contributed by atoms with E-state index in [0.29, 0.717) is 5.56 Å².